The van der Waals surface area contributed by atoms with Gasteiger partial charge in [-0.2, -0.15) is 0 Å². The largest absolute Gasteiger partial charge is 0.357 e. The summed E-state index contributed by atoms with van der Waals surface area (Å²) in [6.45, 7) is 1.64. The number of carbonyl (C=O) groups excluding carboxylic acids is 1. The van der Waals surface area contributed by atoms with Crippen LogP contribution in [0, 0.1) is 11.7 Å². The maximum Gasteiger partial charge on any atom is 0.141 e. The Morgan fingerprint density at radius 2 is 2.13 bits per heavy atom. The van der Waals surface area contributed by atoms with Gasteiger partial charge in [0.05, 0.1) is 6.20 Å². The fourth-order valence-electron chi connectivity index (χ4n) is 1.82. The van der Waals surface area contributed by atoms with E-state index < -0.39 is 0 Å². The van der Waals surface area contributed by atoms with Crippen LogP contribution in [0.4, 0.5) is 10.2 Å². The first-order valence-electron chi connectivity index (χ1n) is 5.11. The molecule has 0 spiro atoms. The molecular weight excluding hydrogens is 195 g/mol. The van der Waals surface area contributed by atoms with Crippen molar-refractivity contribution in [2.45, 2.75) is 12.8 Å². The fraction of sp³-hybridized carbons (Fsp3) is 0.455. The molecule has 0 unspecified atom stereocenters. The molecule has 0 N–H and O–H groups in total. The molecule has 1 fully saturated rings. The topological polar surface area (TPSA) is 33.2 Å². The van der Waals surface area contributed by atoms with Crippen LogP contribution in [0.1, 0.15) is 12.8 Å². The lowest BCUT2D eigenvalue weighted by Gasteiger charge is -2.30. The van der Waals surface area contributed by atoms with Crippen LogP contribution in [0.2, 0.25) is 0 Å². The van der Waals surface area contributed by atoms with E-state index in [4.69, 9.17) is 0 Å². The number of anilines is 1. The molecule has 1 aromatic heterocycles. The van der Waals surface area contributed by atoms with Gasteiger partial charge in [0, 0.05) is 19.0 Å². The first kappa shape index (κ1) is 10.1. The second-order valence-electron chi connectivity index (χ2n) is 3.80. The third kappa shape index (κ3) is 2.32. The first-order chi connectivity index (χ1) is 7.29. The minimum absolute atomic E-state index is 0.182. The Morgan fingerprint density at radius 1 is 1.40 bits per heavy atom. The quantitative estimate of drug-likeness (QED) is 0.693. The number of hydrogen-bond donors (Lipinski definition) is 0. The number of hydrogen-bond acceptors (Lipinski definition) is 3. The van der Waals surface area contributed by atoms with Gasteiger partial charge < -0.3 is 9.69 Å². The van der Waals surface area contributed by atoms with Crippen molar-refractivity contribution in [3.8, 4) is 0 Å². The highest BCUT2D eigenvalue weighted by molar-refractivity contribution is 5.54. The number of halogens is 1. The predicted octanol–water partition coefficient (Wildman–Crippen LogP) is 1.64. The lowest BCUT2D eigenvalue weighted by atomic mass is 9.99. The number of nitrogens with zero attached hydrogens (tertiary/aromatic N) is 2. The van der Waals surface area contributed by atoms with Crippen molar-refractivity contribution in [3.63, 3.8) is 0 Å². The van der Waals surface area contributed by atoms with E-state index >= 15 is 0 Å². The van der Waals surface area contributed by atoms with Crippen molar-refractivity contribution in [2.24, 2.45) is 5.92 Å². The summed E-state index contributed by atoms with van der Waals surface area (Å²) in [4.78, 5) is 16.7. The number of piperidine rings is 1. The highest BCUT2D eigenvalue weighted by Crippen LogP contribution is 2.20. The number of aromatic nitrogens is 1. The maximum atomic E-state index is 12.6. The third-order valence-corrected chi connectivity index (χ3v) is 2.77. The van der Waals surface area contributed by atoms with E-state index in [2.05, 4.69) is 9.88 Å². The molecule has 0 amide bonds. The Kier molecular flexibility index (Phi) is 2.94. The SMILES string of the molecule is O=CC1CCN(c2ccc(F)cn2)CC1. The third-order valence-electron chi connectivity index (χ3n) is 2.77. The molecule has 1 aliphatic heterocycles. The van der Waals surface area contributed by atoms with Gasteiger partial charge in [-0.05, 0) is 25.0 Å². The summed E-state index contributed by atoms with van der Waals surface area (Å²) in [5, 5.41) is 0. The fourth-order valence-corrected chi connectivity index (χ4v) is 1.82. The van der Waals surface area contributed by atoms with Crippen LogP contribution in [-0.2, 0) is 4.79 Å². The Hall–Kier alpha value is -1.45. The first-order valence-corrected chi connectivity index (χ1v) is 5.11. The van der Waals surface area contributed by atoms with E-state index in [1.165, 1.54) is 12.3 Å². The number of pyridine rings is 1. The highest BCUT2D eigenvalue weighted by Gasteiger charge is 2.19. The lowest BCUT2D eigenvalue weighted by Crippen LogP contribution is -2.34. The molecule has 2 heterocycles. The van der Waals surface area contributed by atoms with Crippen LogP contribution in [0.15, 0.2) is 18.3 Å². The second-order valence-corrected chi connectivity index (χ2v) is 3.80. The zero-order valence-corrected chi connectivity index (χ0v) is 8.40. The molecule has 0 aromatic carbocycles. The van der Waals surface area contributed by atoms with Gasteiger partial charge in [-0.3, -0.25) is 0 Å². The van der Waals surface area contributed by atoms with E-state index in [0.717, 1.165) is 38.0 Å². The van der Waals surface area contributed by atoms with Crippen LogP contribution in [0.3, 0.4) is 0 Å². The van der Waals surface area contributed by atoms with Gasteiger partial charge in [0.15, 0.2) is 0 Å². The molecule has 0 radical (unpaired) electrons. The van der Waals surface area contributed by atoms with Gasteiger partial charge >= 0.3 is 0 Å². The molecule has 0 atom stereocenters. The highest BCUT2D eigenvalue weighted by atomic mass is 19.1. The summed E-state index contributed by atoms with van der Waals surface area (Å²) in [6.07, 6.45) is 3.97. The number of carbonyl (C=O) groups is 1. The molecule has 15 heavy (non-hydrogen) atoms. The second kappa shape index (κ2) is 4.38. The van der Waals surface area contributed by atoms with Gasteiger partial charge in [-0.1, -0.05) is 0 Å². The molecule has 80 valence electrons. The predicted molar refractivity (Wildman–Crippen MR) is 55.2 cm³/mol. The summed E-state index contributed by atoms with van der Waals surface area (Å²) in [6, 6.07) is 3.09. The molecule has 4 heteroatoms. The molecule has 2 rings (SSSR count). The van der Waals surface area contributed by atoms with Crippen molar-refractivity contribution in [2.75, 3.05) is 18.0 Å². The maximum absolute atomic E-state index is 12.6. The van der Waals surface area contributed by atoms with Crippen LogP contribution in [-0.4, -0.2) is 24.4 Å². The number of aldehydes is 1. The molecular formula is C11H13FN2O. The van der Waals surface area contributed by atoms with Crippen LogP contribution >= 0.6 is 0 Å². The molecule has 1 saturated heterocycles. The van der Waals surface area contributed by atoms with Crippen LogP contribution < -0.4 is 4.90 Å². The van der Waals surface area contributed by atoms with Crippen molar-refractivity contribution in [1.82, 2.24) is 4.98 Å². The van der Waals surface area contributed by atoms with E-state index in [-0.39, 0.29) is 11.7 Å². The van der Waals surface area contributed by atoms with E-state index in [9.17, 15) is 9.18 Å². The van der Waals surface area contributed by atoms with E-state index in [1.807, 2.05) is 0 Å². The summed E-state index contributed by atoms with van der Waals surface area (Å²) < 4.78 is 12.6. The van der Waals surface area contributed by atoms with Crippen LogP contribution in [0.5, 0.6) is 0 Å². The van der Waals surface area contributed by atoms with Crippen molar-refractivity contribution in [1.29, 1.82) is 0 Å². The van der Waals surface area contributed by atoms with Crippen molar-refractivity contribution >= 4 is 12.1 Å². The minimum atomic E-state index is -0.318. The van der Waals surface area contributed by atoms with Gasteiger partial charge in [-0.15, -0.1) is 0 Å². The van der Waals surface area contributed by atoms with E-state index in [1.54, 1.807) is 6.07 Å². The molecule has 1 aliphatic rings. The Morgan fingerprint density at radius 3 is 2.67 bits per heavy atom. The summed E-state index contributed by atoms with van der Waals surface area (Å²) >= 11 is 0. The van der Waals surface area contributed by atoms with Crippen molar-refractivity contribution in [3.05, 3.63) is 24.1 Å². The molecule has 1 aromatic rings. The van der Waals surface area contributed by atoms with E-state index in [0.29, 0.717) is 0 Å². The molecule has 0 saturated carbocycles. The summed E-state index contributed by atoms with van der Waals surface area (Å²) in [5.74, 6) is 0.656. The van der Waals surface area contributed by atoms with Crippen molar-refractivity contribution < 1.29 is 9.18 Å². The molecule has 3 nitrogen and oxygen atoms in total. The smallest absolute Gasteiger partial charge is 0.141 e. The Bertz CT molecular complexity index is 331. The molecule has 0 bridgehead atoms. The van der Waals surface area contributed by atoms with Gasteiger partial charge in [0.2, 0.25) is 0 Å². The average molecular weight is 208 g/mol. The zero-order valence-electron chi connectivity index (χ0n) is 8.40. The zero-order chi connectivity index (χ0) is 10.7. The average Bonchev–Trinajstić information content (AvgIpc) is 2.30. The lowest BCUT2D eigenvalue weighted by molar-refractivity contribution is -0.111. The van der Waals surface area contributed by atoms with Gasteiger partial charge in [-0.25, -0.2) is 9.37 Å². The van der Waals surface area contributed by atoms with Gasteiger partial charge in [0.25, 0.3) is 0 Å². The Labute approximate surface area is 87.9 Å². The monoisotopic (exact) mass is 208 g/mol. The minimum Gasteiger partial charge on any atom is -0.357 e. The Balaban J connectivity index is 2.01. The number of rotatable bonds is 2. The van der Waals surface area contributed by atoms with Gasteiger partial charge in [0.1, 0.15) is 17.9 Å². The summed E-state index contributed by atoms with van der Waals surface area (Å²) in [5.41, 5.74) is 0. The normalized spacial score (nSPS) is 17.8. The molecule has 0 aliphatic carbocycles. The van der Waals surface area contributed by atoms with Crippen LogP contribution in [0.25, 0.3) is 0 Å². The standard InChI is InChI=1S/C11H13FN2O/c12-10-1-2-11(13-7-10)14-5-3-9(8-15)4-6-14/h1-2,7-9H,3-6H2. The summed E-state index contributed by atoms with van der Waals surface area (Å²) in [7, 11) is 0.